The molecule has 0 atom stereocenters. The zero-order chi connectivity index (χ0) is 13.3. The Hall–Kier alpha value is -2.06. The van der Waals surface area contributed by atoms with Crippen molar-refractivity contribution in [2.45, 2.75) is 19.0 Å². The number of aryl methyl sites for hydroxylation is 1. The number of hydrogen-bond acceptors (Lipinski definition) is 4. The lowest BCUT2D eigenvalue weighted by molar-refractivity contribution is -0.134. The van der Waals surface area contributed by atoms with Crippen molar-refractivity contribution in [3.8, 4) is 11.6 Å². The fourth-order valence-electron chi connectivity index (χ4n) is 1.35. The first-order valence-electron chi connectivity index (χ1n) is 5.01. The van der Waals surface area contributed by atoms with Crippen LogP contribution < -0.4 is 5.69 Å². The molecule has 0 aromatic carbocycles. The first kappa shape index (κ1) is 12.4. The average Bonchev–Trinajstić information content (AvgIpc) is 2.84. The van der Waals surface area contributed by atoms with E-state index in [0.29, 0.717) is 5.69 Å². The van der Waals surface area contributed by atoms with Gasteiger partial charge in [0.25, 0.3) is 5.89 Å². The maximum absolute atomic E-state index is 12.0. The quantitative estimate of drug-likeness (QED) is 0.903. The Morgan fingerprint density at radius 1 is 1.50 bits per heavy atom. The Labute approximate surface area is 98.4 Å². The number of nitrogens with zero attached hydrogens (tertiary/aromatic N) is 3. The summed E-state index contributed by atoms with van der Waals surface area (Å²) in [5.41, 5.74) is -0.0502. The van der Waals surface area contributed by atoms with Gasteiger partial charge in [-0.3, -0.25) is 4.57 Å². The Bertz CT molecular complexity index is 595. The van der Waals surface area contributed by atoms with Crippen LogP contribution in [0.2, 0.25) is 0 Å². The lowest BCUT2D eigenvalue weighted by atomic mass is 10.3. The van der Waals surface area contributed by atoms with Crippen molar-refractivity contribution in [1.29, 1.82) is 0 Å². The smallest absolute Gasteiger partial charge is 0.332 e. The Morgan fingerprint density at radius 2 is 2.22 bits per heavy atom. The van der Waals surface area contributed by atoms with E-state index in [1.54, 1.807) is 0 Å². The molecule has 0 spiro atoms. The largest absolute Gasteiger partial charge is 0.389 e. The molecule has 0 unspecified atom stereocenters. The normalized spacial score (nSPS) is 12.0. The lowest BCUT2D eigenvalue weighted by Crippen LogP contribution is -2.13. The van der Waals surface area contributed by atoms with Crippen LogP contribution in [0.25, 0.3) is 11.6 Å². The number of imidazole rings is 1. The van der Waals surface area contributed by atoms with Crippen molar-refractivity contribution in [3.05, 3.63) is 22.5 Å². The first-order valence-corrected chi connectivity index (χ1v) is 5.01. The third-order valence-electron chi connectivity index (χ3n) is 2.32. The first-order chi connectivity index (χ1) is 8.37. The number of rotatable bonds is 3. The number of alkyl halides is 3. The second-order valence-corrected chi connectivity index (χ2v) is 3.67. The molecule has 9 heteroatoms. The van der Waals surface area contributed by atoms with Gasteiger partial charge in [0, 0.05) is 19.7 Å². The van der Waals surface area contributed by atoms with Crippen LogP contribution in [-0.2, 0) is 13.5 Å². The van der Waals surface area contributed by atoms with Crippen molar-refractivity contribution in [3.63, 3.8) is 0 Å². The molecule has 0 fully saturated rings. The lowest BCUT2D eigenvalue weighted by Gasteiger charge is -2.01. The van der Waals surface area contributed by atoms with Crippen molar-refractivity contribution in [2.75, 3.05) is 0 Å². The molecule has 0 saturated heterocycles. The van der Waals surface area contributed by atoms with Gasteiger partial charge in [0.05, 0.1) is 6.42 Å². The maximum Gasteiger partial charge on any atom is 0.389 e. The average molecular weight is 262 g/mol. The van der Waals surface area contributed by atoms with Crippen molar-refractivity contribution >= 4 is 0 Å². The SMILES string of the molecule is Cn1c(-c2nc(CCC(F)(F)F)no2)c[nH]c1=O. The van der Waals surface area contributed by atoms with Crippen LogP contribution in [0.4, 0.5) is 13.2 Å². The monoisotopic (exact) mass is 262 g/mol. The molecule has 2 rings (SSSR count). The topological polar surface area (TPSA) is 76.7 Å². The van der Waals surface area contributed by atoms with Crippen molar-refractivity contribution < 1.29 is 17.7 Å². The zero-order valence-corrected chi connectivity index (χ0v) is 9.28. The highest BCUT2D eigenvalue weighted by Crippen LogP contribution is 2.22. The van der Waals surface area contributed by atoms with Crippen LogP contribution in [0, 0.1) is 0 Å². The summed E-state index contributed by atoms with van der Waals surface area (Å²) in [6.45, 7) is 0. The molecule has 0 bridgehead atoms. The summed E-state index contributed by atoms with van der Waals surface area (Å²) in [5.74, 6) is -0.0380. The van der Waals surface area contributed by atoms with Gasteiger partial charge in [-0.2, -0.15) is 18.2 Å². The van der Waals surface area contributed by atoms with Crippen molar-refractivity contribution in [1.82, 2.24) is 19.7 Å². The zero-order valence-electron chi connectivity index (χ0n) is 9.28. The number of aromatic nitrogens is 4. The van der Waals surface area contributed by atoms with Gasteiger partial charge < -0.3 is 9.51 Å². The Morgan fingerprint density at radius 3 is 2.78 bits per heavy atom. The van der Waals surface area contributed by atoms with Gasteiger partial charge >= 0.3 is 11.9 Å². The predicted molar refractivity (Wildman–Crippen MR) is 53.7 cm³/mol. The van der Waals surface area contributed by atoms with E-state index in [0.717, 1.165) is 0 Å². The van der Waals surface area contributed by atoms with Gasteiger partial charge in [0.2, 0.25) is 0 Å². The predicted octanol–water partition coefficient (Wildman–Crippen LogP) is 1.26. The van der Waals surface area contributed by atoms with E-state index in [2.05, 4.69) is 15.1 Å². The summed E-state index contributed by atoms with van der Waals surface area (Å²) in [6, 6.07) is 0. The highest BCUT2D eigenvalue weighted by atomic mass is 19.4. The van der Waals surface area contributed by atoms with E-state index in [1.807, 2.05) is 0 Å². The maximum atomic E-state index is 12.0. The van der Waals surface area contributed by atoms with Crippen LogP contribution in [0.15, 0.2) is 15.5 Å². The molecular formula is C9H9F3N4O2. The van der Waals surface area contributed by atoms with Crippen LogP contribution in [0.1, 0.15) is 12.2 Å². The van der Waals surface area contributed by atoms with E-state index in [4.69, 9.17) is 4.52 Å². The molecule has 0 aliphatic carbocycles. The van der Waals surface area contributed by atoms with Crippen LogP contribution in [-0.4, -0.2) is 25.9 Å². The molecular weight excluding hydrogens is 253 g/mol. The number of nitrogens with one attached hydrogen (secondary N) is 1. The number of hydrogen-bond donors (Lipinski definition) is 1. The van der Waals surface area contributed by atoms with Gasteiger partial charge in [-0.05, 0) is 0 Å². The van der Waals surface area contributed by atoms with Crippen LogP contribution >= 0.6 is 0 Å². The van der Waals surface area contributed by atoms with E-state index in [-0.39, 0.29) is 23.8 Å². The molecule has 18 heavy (non-hydrogen) atoms. The minimum atomic E-state index is -4.26. The molecule has 0 radical (unpaired) electrons. The number of aromatic amines is 1. The number of H-pyrrole nitrogens is 1. The highest BCUT2D eigenvalue weighted by molar-refractivity contribution is 5.45. The molecule has 6 nitrogen and oxygen atoms in total. The Balaban J connectivity index is 2.16. The second-order valence-electron chi connectivity index (χ2n) is 3.67. The summed E-state index contributed by atoms with van der Waals surface area (Å²) in [6.07, 6.45) is -4.28. The number of halogens is 3. The third-order valence-corrected chi connectivity index (χ3v) is 2.32. The summed E-state index contributed by atoms with van der Waals surface area (Å²) in [4.78, 5) is 17.3. The molecule has 2 heterocycles. The van der Waals surface area contributed by atoms with Crippen molar-refractivity contribution in [2.24, 2.45) is 7.05 Å². The fourth-order valence-corrected chi connectivity index (χ4v) is 1.35. The summed E-state index contributed by atoms with van der Waals surface area (Å²) in [7, 11) is 1.48. The molecule has 0 amide bonds. The highest BCUT2D eigenvalue weighted by Gasteiger charge is 2.27. The minimum absolute atomic E-state index is 0.00743. The summed E-state index contributed by atoms with van der Waals surface area (Å²) >= 11 is 0. The van der Waals surface area contributed by atoms with Gasteiger partial charge in [-0.1, -0.05) is 5.16 Å². The van der Waals surface area contributed by atoms with Crippen LogP contribution in [0.5, 0.6) is 0 Å². The van der Waals surface area contributed by atoms with Gasteiger partial charge in [0.15, 0.2) is 5.82 Å². The summed E-state index contributed by atoms with van der Waals surface area (Å²) in [5, 5.41) is 3.43. The van der Waals surface area contributed by atoms with E-state index in [9.17, 15) is 18.0 Å². The second kappa shape index (κ2) is 4.31. The fraction of sp³-hybridized carbons (Fsp3) is 0.444. The molecule has 0 aliphatic heterocycles. The molecule has 2 aromatic rings. The standard InChI is InChI=1S/C9H9F3N4O2/c1-16-5(4-13-8(16)17)7-14-6(15-18-7)2-3-9(10,11)12/h4H,2-3H2,1H3,(H,13,17). The third kappa shape index (κ3) is 2.60. The van der Waals surface area contributed by atoms with E-state index >= 15 is 0 Å². The Kier molecular flexibility index (Phi) is 2.97. The van der Waals surface area contributed by atoms with Gasteiger partial charge in [-0.25, -0.2) is 4.79 Å². The van der Waals surface area contributed by atoms with Gasteiger partial charge in [0.1, 0.15) is 5.69 Å². The van der Waals surface area contributed by atoms with Crippen LogP contribution in [0.3, 0.4) is 0 Å². The molecule has 1 N–H and O–H groups in total. The minimum Gasteiger partial charge on any atom is -0.332 e. The molecule has 0 saturated carbocycles. The molecule has 98 valence electrons. The van der Waals surface area contributed by atoms with E-state index in [1.165, 1.54) is 17.8 Å². The summed E-state index contributed by atoms with van der Waals surface area (Å²) < 4.78 is 42.0. The molecule has 2 aromatic heterocycles. The van der Waals surface area contributed by atoms with E-state index < -0.39 is 12.6 Å². The van der Waals surface area contributed by atoms with Gasteiger partial charge in [-0.15, -0.1) is 0 Å². The molecule has 0 aliphatic rings.